The number of hydrogen-bond donors (Lipinski definition) is 0. The highest BCUT2D eigenvalue weighted by molar-refractivity contribution is 8.45. The van der Waals surface area contributed by atoms with E-state index in [-0.39, 0.29) is 18.4 Å². The van der Waals surface area contributed by atoms with Crippen molar-refractivity contribution >= 4 is 10.2 Å². The average molecular weight is 398 g/mol. The molecule has 0 saturated heterocycles. The minimum Gasteiger partial charge on any atom is -0.174 e. The molecule has 1 aromatic carbocycles. The molecule has 0 fully saturated rings. The third-order valence-electron chi connectivity index (χ3n) is 3.41. The number of aryl methyl sites for hydroxylation is 2. The Hall–Kier alpha value is -1.58. The molecule has 1 aromatic rings. The highest BCUT2D eigenvalue weighted by Gasteiger charge is 2.67. The van der Waals surface area contributed by atoms with Crippen molar-refractivity contribution in [1.29, 1.82) is 0 Å². The largest absolute Gasteiger partial charge is 0.310 e. The number of benzene rings is 1. The maximum atomic E-state index is 13.4. The SMILES string of the molecule is Cc1c(CCC=C(F)F)ccc(CCC=C(F)F)c1S(F)(F)(F)(F)F. The first-order valence-electron chi connectivity index (χ1n) is 6.99. The second-order valence-electron chi connectivity index (χ2n) is 5.37. The van der Waals surface area contributed by atoms with E-state index in [9.17, 15) is 37.0 Å². The van der Waals surface area contributed by atoms with E-state index in [0.29, 0.717) is 12.2 Å². The van der Waals surface area contributed by atoms with Crippen molar-refractivity contribution in [2.75, 3.05) is 0 Å². The molecule has 10 heteroatoms. The maximum absolute atomic E-state index is 13.4. The van der Waals surface area contributed by atoms with Gasteiger partial charge in [-0.1, -0.05) is 31.6 Å². The molecule has 0 aliphatic rings. The first kappa shape index (κ1) is 21.5. The molecule has 0 aliphatic heterocycles. The smallest absolute Gasteiger partial charge is 0.174 e. The van der Waals surface area contributed by atoms with Gasteiger partial charge in [-0.15, -0.1) is 0 Å². The van der Waals surface area contributed by atoms with E-state index < -0.39 is 51.2 Å². The van der Waals surface area contributed by atoms with E-state index in [1.807, 2.05) is 0 Å². The van der Waals surface area contributed by atoms with E-state index in [0.717, 1.165) is 19.1 Å². The molecule has 0 atom stereocenters. The zero-order valence-electron chi connectivity index (χ0n) is 12.9. The van der Waals surface area contributed by atoms with Crippen LogP contribution in [-0.2, 0) is 12.8 Å². The van der Waals surface area contributed by atoms with Crippen LogP contribution >= 0.6 is 10.2 Å². The first-order chi connectivity index (χ1) is 11.1. The van der Waals surface area contributed by atoms with Crippen molar-refractivity contribution in [3.8, 4) is 0 Å². The summed E-state index contributed by atoms with van der Waals surface area (Å²) in [7, 11) is -10.1. The number of hydrogen-bond acceptors (Lipinski definition) is 0. The number of allylic oxidation sites excluding steroid dienone is 2. The van der Waals surface area contributed by atoms with E-state index in [1.54, 1.807) is 0 Å². The van der Waals surface area contributed by atoms with Crippen LogP contribution in [0.4, 0.5) is 37.0 Å². The quantitative estimate of drug-likeness (QED) is 0.407. The molecule has 0 aromatic heterocycles. The van der Waals surface area contributed by atoms with Gasteiger partial charge in [-0.05, 0) is 61.4 Å². The van der Waals surface area contributed by atoms with Gasteiger partial charge in [-0.2, -0.15) is 17.6 Å². The van der Waals surface area contributed by atoms with E-state index in [4.69, 9.17) is 0 Å². The Balaban J connectivity index is 3.39. The van der Waals surface area contributed by atoms with Gasteiger partial charge in [-0.3, -0.25) is 0 Å². The van der Waals surface area contributed by atoms with E-state index in [1.165, 1.54) is 0 Å². The van der Waals surface area contributed by atoms with Crippen LogP contribution in [0.5, 0.6) is 0 Å². The molecule has 0 N–H and O–H groups in total. The molecular formula is C15H15F9S. The van der Waals surface area contributed by atoms with Crippen LogP contribution in [0.15, 0.2) is 41.3 Å². The standard InChI is InChI=1S/C15H15F9S/c1-10-11(4-2-6-13(16)17)8-9-12(5-3-7-14(18)19)15(10)25(20,21,22,23)24/h6-9H,2-5H2,1H3. The lowest BCUT2D eigenvalue weighted by atomic mass is 9.99. The van der Waals surface area contributed by atoms with Gasteiger partial charge < -0.3 is 0 Å². The van der Waals surface area contributed by atoms with Gasteiger partial charge >= 0.3 is 10.2 Å². The number of halogens is 9. The molecule has 1 rings (SSSR count). The van der Waals surface area contributed by atoms with Crippen molar-refractivity contribution < 1.29 is 37.0 Å². The highest BCUT2D eigenvalue weighted by Crippen LogP contribution is 3.02. The van der Waals surface area contributed by atoms with Crippen LogP contribution < -0.4 is 0 Å². The maximum Gasteiger partial charge on any atom is 0.310 e. The predicted molar refractivity (Wildman–Crippen MR) is 79.8 cm³/mol. The van der Waals surface area contributed by atoms with Gasteiger partial charge in [0.2, 0.25) is 0 Å². The van der Waals surface area contributed by atoms with E-state index in [2.05, 4.69) is 0 Å². The summed E-state index contributed by atoms with van der Waals surface area (Å²) >= 11 is 0. The molecule has 0 radical (unpaired) electrons. The van der Waals surface area contributed by atoms with Crippen molar-refractivity contribution in [3.05, 3.63) is 53.1 Å². The van der Waals surface area contributed by atoms with E-state index >= 15 is 0 Å². The summed E-state index contributed by atoms with van der Waals surface area (Å²) in [6.07, 6.45) is -5.14. The Morgan fingerprint density at radius 1 is 0.800 bits per heavy atom. The number of rotatable bonds is 7. The van der Waals surface area contributed by atoms with Gasteiger partial charge in [0.1, 0.15) is 4.90 Å². The molecule has 0 amide bonds. The lowest BCUT2D eigenvalue weighted by molar-refractivity contribution is 0.361. The molecule has 25 heavy (non-hydrogen) atoms. The Bertz CT molecular complexity index is 694. The molecule has 0 unspecified atom stereocenters. The molecular weight excluding hydrogens is 383 g/mol. The van der Waals surface area contributed by atoms with Crippen molar-refractivity contribution in [1.82, 2.24) is 0 Å². The zero-order chi connectivity index (χ0) is 19.5. The normalized spacial score (nSPS) is 14.5. The van der Waals surface area contributed by atoms with Crippen LogP contribution in [-0.4, -0.2) is 0 Å². The van der Waals surface area contributed by atoms with Gasteiger partial charge in [0.15, 0.2) is 0 Å². The molecule has 0 spiro atoms. The molecule has 0 saturated carbocycles. The average Bonchev–Trinajstić information content (AvgIpc) is 2.37. The lowest BCUT2D eigenvalue weighted by Gasteiger charge is -2.43. The van der Waals surface area contributed by atoms with Crippen LogP contribution in [0.3, 0.4) is 0 Å². The summed E-state index contributed by atoms with van der Waals surface area (Å²) in [4.78, 5) is -2.12. The molecule has 144 valence electrons. The van der Waals surface area contributed by atoms with Gasteiger partial charge in [0.05, 0.1) is 0 Å². The fourth-order valence-corrected chi connectivity index (χ4v) is 3.84. The van der Waals surface area contributed by atoms with Gasteiger partial charge in [0, 0.05) is 0 Å². The third-order valence-corrected chi connectivity index (χ3v) is 4.75. The Morgan fingerprint density at radius 3 is 1.60 bits per heavy atom. The van der Waals surface area contributed by atoms with Crippen molar-refractivity contribution in [2.24, 2.45) is 0 Å². The summed E-state index contributed by atoms with van der Waals surface area (Å²) in [5, 5.41) is 0. The van der Waals surface area contributed by atoms with Crippen LogP contribution in [0.1, 0.15) is 29.5 Å². The Kier molecular flexibility index (Phi) is 5.68. The molecule has 0 aliphatic carbocycles. The van der Waals surface area contributed by atoms with Gasteiger partial charge in [0.25, 0.3) is 12.2 Å². The van der Waals surface area contributed by atoms with Crippen LogP contribution in [0.25, 0.3) is 0 Å². The van der Waals surface area contributed by atoms with Gasteiger partial charge in [-0.25, -0.2) is 0 Å². The fourth-order valence-electron chi connectivity index (χ4n) is 2.47. The summed E-state index contributed by atoms with van der Waals surface area (Å²) in [6, 6.07) is 1.91. The predicted octanol–water partition coefficient (Wildman–Crippen LogP) is 8.08. The summed E-state index contributed by atoms with van der Waals surface area (Å²) in [5.41, 5.74) is -1.73. The zero-order valence-corrected chi connectivity index (χ0v) is 13.8. The molecule has 0 nitrogen and oxygen atoms in total. The fraction of sp³-hybridized carbons (Fsp3) is 0.333. The Morgan fingerprint density at radius 2 is 1.20 bits per heavy atom. The second kappa shape index (κ2) is 6.62. The topological polar surface area (TPSA) is 0 Å². The van der Waals surface area contributed by atoms with Crippen LogP contribution in [0.2, 0.25) is 0 Å². The Labute approximate surface area is 138 Å². The minimum atomic E-state index is -10.1. The van der Waals surface area contributed by atoms with Crippen molar-refractivity contribution in [2.45, 2.75) is 37.5 Å². The first-order valence-corrected chi connectivity index (χ1v) is 8.94. The van der Waals surface area contributed by atoms with Crippen molar-refractivity contribution in [3.63, 3.8) is 0 Å². The summed E-state index contributed by atoms with van der Waals surface area (Å²) < 4.78 is 115. The second-order valence-corrected chi connectivity index (χ2v) is 7.72. The lowest BCUT2D eigenvalue weighted by Crippen LogP contribution is -2.13. The minimum absolute atomic E-state index is 0.156. The molecule has 0 bridgehead atoms. The molecule has 0 heterocycles. The third kappa shape index (κ3) is 6.68. The monoisotopic (exact) mass is 398 g/mol. The summed E-state index contributed by atoms with van der Waals surface area (Å²) in [5.74, 6) is 0. The summed E-state index contributed by atoms with van der Waals surface area (Å²) in [6.45, 7) is 0.827. The highest BCUT2D eigenvalue weighted by atomic mass is 32.5. The van der Waals surface area contributed by atoms with Crippen LogP contribution in [0, 0.1) is 6.92 Å².